The molecule has 7 atom stereocenters. The van der Waals surface area contributed by atoms with Crippen molar-refractivity contribution in [1.82, 2.24) is 10.2 Å². The lowest BCUT2D eigenvalue weighted by molar-refractivity contribution is -0.384. The number of aliphatic hydroxyl groups is 2. The average molecular weight is 1020 g/mol. The van der Waals surface area contributed by atoms with Crippen molar-refractivity contribution in [3.05, 3.63) is 237 Å². The molecule has 1 spiro atoms. The predicted octanol–water partition coefficient (Wildman–Crippen LogP) is 8.23. The van der Waals surface area contributed by atoms with E-state index in [1.165, 1.54) is 24.3 Å². The predicted molar refractivity (Wildman–Crippen MR) is 278 cm³/mol. The number of carbonyl (C=O) groups excluding carboxylic acids is 4. The molecule has 7 aromatic rings. The molecule has 16 nitrogen and oxygen atoms in total. The minimum absolute atomic E-state index is 0.0394. The number of esters is 1. The number of aliphatic hydroxyl groups excluding tert-OH is 2. The van der Waals surface area contributed by atoms with E-state index in [1.54, 1.807) is 104 Å². The Bertz CT molecular complexity index is 3350. The summed E-state index contributed by atoms with van der Waals surface area (Å²) >= 11 is 0. The summed E-state index contributed by atoms with van der Waals surface area (Å²) in [4.78, 5) is 76.8. The van der Waals surface area contributed by atoms with Crippen molar-refractivity contribution in [2.75, 3.05) is 31.8 Å². The van der Waals surface area contributed by atoms with E-state index in [1.807, 2.05) is 65.6 Å². The first kappa shape index (κ1) is 50.4. The van der Waals surface area contributed by atoms with Gasteiger partial charge in [-0.2, -0.15) is 0 Å². The van der Waals surface area contributed by atoms with Gasteiger partial charge in [0, 0.05) is 29.8 Å². The average Bonchev–Trinajstić information content (AvgIpc) is 3.98. The Kier molecular flexibility index (Phi) is 14.4. The molecule has 0 aliphatic carbocycles. The van der Waals surface area contributed by atoms with Gasteiger partial charge in [-0.1, -0.05) is 115 Å². The zero-order valence-corrected chi connectivity index (χ0v) is 40.9. The number of rotatable bonds is 14. The highest BCUT2D eigenvalue weighted by Crippen LogP contribution is 2.66. The van der Waals surface area contributed by atoms with Crippen molar-refractivity contribution in [2.24, 2.45) is 5.92 Å². The topological polar surface area (TPSA) is 207 Å². The van der Waals surface area contributed by atoms with Crippen LogP contribution < -0.4 is 19.7 Å². The van der Waals surface area contributed by atoms with Gasteiger partial charge in [0.05, 0.1) is 48.4 Å². The van der Waals surface area contributed by atoms with Crippen molar-refractivity contribution in [3.8, 4) is 23.3 Å². The van der Waals surface area contributed by atoms with Crippen molar-refractivity contribution in [1.29, 1.82) is 0 Å². The second-order valence-electron chi connectivity index (χ2n) is 18.4. The quantitative estimate of drug-likeness (QED) is 0.0407. The van der Waals surface area contributed by atoms with E-state index in [0.29, 0.717) is 50.4 Å². The van der Waals surface area contributed by atoms with Crippen molar-refractivity contribution in [2.45, 2.75) is 42.4 Å². The van der Waals surface area contributed by atoms with E-state index in [2.05, 4.69) is 17.2 Å². The van der Waals surface area contributed by atoms with E-state index in [4.69, 9.17) is 18.9 Å². The van der Waals surface area contributed by atoms with Gasteiger partial charge < -0.3 is 34.5 Å². The fourth-order valence-electron chi connectivity index (χ4n) is 10.7. The van der Waals surface area contributed by atoms with E-state index in [0.717, 1.165) is 4.90 Å². The Morgan fingerprint density at radius 3 is 2.08 bits per heavy atom. The van der Waals surface area contributed by atoms with Crippen molar-refractivity contribution < 1.29 is 53.3 Å². The number of hydrogen-bond acceptors (Lipinski definition) is 13. The first-order valence-corrected chi connectivity index (χ1v) is 24.5. The number of carbonyl (C=O) groups is 4. The van der Waals surface area contributed by atoms with Crippen LogP contribution in [0.1, 0.15) is 68.8 Å². The number of hydrogen-bond donors (Lipinski definition) is 3. The molecule has 76 heavy (non-hydrogen) atoms. The molecule has 3 heterocycles. The lowest BCUT2D eigenvalue weighted by Crippen LogP contribution is -2.56. The number of non-ortho nitro benzene ring substituents is 1. The van der Waals surface area contributed by atoms with Crippen LogP contribution in [-0.4, -0.2) is 76.8 Å². The van der Waals surface area contributed by atoms with Crippen molar-refractivity contribution in [3.63, 3.8) is 0 Å². The second kappa shape index (κ2) is 21.8. The molecule has 3 aliphatic rings. The summed E-state index contributed by atoms with van der Waals surface area (Å²) in [6.45, 7) is -1.13. The molecule has 2 saturated heterocycles. The number of nitrogens with one attached hydrogen (secondary N) is 1. The number of methoxy groups -OCH3 is 1. The Morgan fingerprint density at radius 2 is 1.41 bits per heavy atom. The van der Waals surface area contributed by atoms with Gasteiger partial charge in [-0.15, -0.1) is 0 Å². The lowest BCUT2D eigenvalue weighted by atomic mass is 9.65. The molecule has 3 amide bonds. The molecule has 0 aromatic heterocycles. The number of anilines is 1. The molecule has 16 heteroatoms. The number of cyclic esters (lactones) is 1. The van der Waals surface area contributed by atoms with Crippen LogP contribution in [0.5, 0.6) is 11.5 Å². The SMILES string of the molecule is COc1ccc(C#Cc2ccc3c(c2)[C@]2(C(=O)N3C(=O)OCc3ccc([N+](=O)[O-])cc3)[C@H](C(=O)NC[C@H](O)c3ccccc3)[C@H]3C(=O)O[C@H](c4ccccc4)[C@H](c4ccccc4)N3[C@@H]2c2cccc(OCCO)c2)cc1. The number of imide groups is 1. The number of fused-ring (bicyclic) bond motifs is 3. The minimum Gasteiger partial charge on any atom is -0.497 e. The minimum atomic E-state index is -2.22. The lowest BCUT2D eigenvalue weighted by Gasteiger charge is -2.46. The molecule has 10 rings (SSSR count). The van der Waals surface area contributed by atoms with E-state index in [-0.39, 0.29) is 36.7 Å². The van der Waals surface area contributed by atoms with Crippen LogP contribution in [0, 0.1) is 27.9 Å². The van der Waals surface area contributed by atoms with Gasteiger partial charge in [0.2, 0.25) is 11.8 Å². The monoisotopic (exact) mass is 1020 g/mol. The molecule has 7 aromatic carbocycles. The summed E-state index contributed by atoms with van der Waals surface area (Å²) in [5.74, 6) is 3.05. The highest BCUT2D eigenvalue weighted by atomic mass is 16.6. The molecule has 0 saturated carbocycles. The van der Waals surface area contributed by atoms with Crippen LogP contribution in [0.25, 0.3) is 0 Å². The zero-order valence-electron chi connectivity index (χ0n) is 40.9. The van der Waals surface area contributed by atoms with Gasteiger partial charge >= 0.3 is 12.1 Å². The van der Waals surface area contributed by atoms with E-state index >= 15 is 14.4 Å². The largest absolute Gasteiger partial charge is 0.497 e. The number of nitro groups is 1. The Morgan fingerprint density at radius 1 is 0.763 bits per heavy atom. The summed E-state index contributed by atoms with van der Waals surface area (Å²) in [5.41, 5.74) is 1.40. The van der Waals surface area contributed by atoms with Gasteiger partial charge in [-0.3, -0.25) is 29.4 Å². The molecule has 0 unspecified atom stereocenters. The summed E-state index contributed by atoms with van der Waals surface area (Å²) in [6, 6.07) is 47.5. The third kappa shape index (κ3) is 9.50. The first-order chi connectivity index (χ1) is 37.0. The number of ether oxygens (including phenoxy) is 4. The van der Waals surface area contributed by atoms with E-state index < -0.39 is 77.1 Å². The molecule has 0 radical (unpaired) electrons. The molecule has 2 fully saturated rings. The highest BCUT2D eigenvalue weighted by molar-refractivity contribution is 6.23. The Labute approximate surface area is 437 Å². The molecule has 382 valence electrons. The normalized spacial score (nSPS) is 20.8. The van der Waals surface area contributed by atoms with Crippen LogP contribution in [0.3, 0.4) is 0 Å². The number of nitrogens with zero attached hydrogens (tertiary/aromatic N) is 3. The second-order valence-corrected chi connectivity index (χ2v) is 18.4. The number of nitro benzene ring substituents is 1. The molecule has 3 aliphatic heterocycles. The van der Waals surface area contributed by atoms with Crippen LogP contribution in [-0.2, 0) is 35.9 Å². The molecule has 0 bridgehead atoms. The first-order valence-electron chi connectivity index (χ1n) is 24.5. The summed E-state index contributed by atoms with van der Waals surface area (Å²) in [6.07, 6.45) is -3.36. The summed E-state index contributed by atoms with van der Waals surface area (Å²) in [7, 11) is 1.56. The van der Waals surface area contributed by atoms with Crippen LogP contribution >= 0.6 is 0 Å². The Hall–Kier alpha value is -9.14. The Balaban J connectivity index is 1.23. The number of amides is 3. The molecular weight excluding hydrogens is 969 g/mol. The van der Waals surface area contributed by atoms with Crippen LogP contribution in [0.4, 0.5) is 16.2 Å². The van der Waals surface area contributed by atoms with Gasteiger partial charge in [-0.25, -0.2) is 9.69 Å². The smallest absolute Gasteiger partial charge is 0.421 e. The van der Waals surface area contributed by atoms with Gasteiger partial charge in [0.25, 0.3) is 5.69 Å². The van der Waals surface area contributed by atoms with Gasteiger partial charge in [-0.05, 0) is 100 Å². The number of morpholine rings is 1. The highest BCUT2D eigenvalue weighted by Gasteiger charge is 2.76. The number of benzene rings is 7. The van der Waals surface area contributed by atoms with Gasteiger partial charge in [0.1, 0.15) is 42.3 Å². The van der Waals surface area contributed by atoms with Crippen molar-refractivity contribution >= 4 is 35.3 Å². The van der Waals surface area contributed by atoms with E-state index in [9.17, 15) is 25.1 Å². The maximum absolute atomic E-state index is 16.7. The standard InChI is InChI=1S/C60H50N4O12/c1-73-46-29-24-38(25-30-46)20-21-39-26-31-49-48(34-39)60(58(69)62(49)59(70)75-37-40-22-27-45(28-23-40)64(71)72)51(56(67)61-36-50(66)41-12-5-2-6-13-41)53-57(68)76-54(43-16-9-4-10-17-43)52(42-14-7-3-8-15-42)63(53)55(60)44-18-11-19-47(35-44)74-33-32-65/h2-19,22-31,34-35,50-55,65-66H,32-33,36-37H2,1H3,(H,61,67)/t50-,51-,52-,53-,54+,55+,60-/m0/s1. The van der Waals surface area contributed by atoms with Crippen LogP contribution in [0.15, 0.2) is 182 Å². The third-order valence-electron chi connectivity index (χ3n) is 14.1. The maximum atomic E-state index is 16.7. The maximum Gasteiger partial charge on any atom is 0.421 e. The van der Waals surface area contributed by atoms with Gasteiger partial charge in [0.15, 0.2) is 0 Å². The summed E-state index contributed by atoms with van der Waals surface area (Å²) in [5, 5.41) is 35.8. The molecular formula is C60H50N4O12. The fraction of sp³-hybridized carbons (Fsp3) is 0.200. The molecule has 3 N–H and O–H groups in total. The zero-order chi connectivity index (χ0) is 52.9. The third-order valence-corrected chi connectivity index (χ3v) is 14.1. The summed E-state index contributed by atoms with van der Waals surface area (Å²) < 4.78 is 23.8. The fourth-order valence-corrected chi connectivity index (χ4v) is 10.7. The van der Waals surface area contributed by atoms with Crippen LogP contribution in [0.2, 0.25) is 0 Å².